The normalized spacial score (nSPS) is 11.8. The summed E-state index contributed by atoms with van der Waals surface area (Å²) in [6.45, 7) is 1.92. The van der Waals surface area contributed by atoms with E-state index in [0.717, 1.165) is 5.56 Å². The summed E-state index contributed by atoms with van der Waals surface area (Å²) >= 11 is 0. The first-order chi connectivity index (χ1) is 9.86. The van der Waals surface area contributed by atoms with E-state index in [4.69, 9.17) is 14.9 Å². The standard InChI is InChI=1S/C14H18N2O4S/c1-10-7-13(19-3)14(8-12(10)15)21(17,18)16(2)9-11-5-4-6-20-11/h4-8H,9,15H2,1-3H3. The molecule has 0 saturated heterocycles. The van der Waals surface area contributed by atoms with Crippen LogP contribution in [0.15, 0.2) is 39.8 Å². The van der Waals surface area contributed by atoms with E-state index in [9.17, 15) is 8.42 Å². The fraction of sp³-hybridized carbons (Fsp3) is 0.286. The highest BCUT2D eigenvalue weighted by molar-refractivity contribution is 7.89. The Morgan fingerprint density at radius 2 is 2.10 bits per heavy atom. The smallest absolute Gasteiger partial charge is 0.246 e. The van der Waals surface area contributed by atoms with Crippen molar-refractivity contribution < 1.29 is 17.6 Å². The Kier molecular flexibility index (Phi) is 4.24. The van der Waals surface area contributed by atoms with Crippen molar-refractivity contribution in [1.29, 1.82) is 0 Å². The maximum Gasteiger partial charge on any atom is 0.246 e. The van der Waals surface area contributed by atoms with Gasteiger partial charge in [-0.25, -0.2) is 8.42 Å². The van der Waals surface area contributed by atoms with Crippen LogP contribution in [-0.4, -0.2) is 26.9 Å². The van der Waals surface area contributed by atoms with Crippen LogP contribution < -0.4 is 10.5 Å². The third kappa shape index (κ3) is 3.03. The second-order valence-electron chi connectivity index (χ2n) is 4.70. The van der Waals surface area contributed by atoms with E-state index in [0.29, 0.717) is 11.4 Å². The SMILES string of the molecule is COc1cc(C)c(N)cc1S(=O)(=O)N(C)Cc1ccco1. The van der Waals surface area contributed by atoms with Gasteiger partial charge in [-0.2, -0.15) is 4.31 Å². The first-order valence-corrected chi connectivity index (χ1v) is 7.73. The van der Waals surface area contributed by atoms with Crippen LogP contribution in [0.1, 0.15) is 11.3 Å². The predicted molar refractivity (Wildman–Crippen MR) is 79.5 cm³/mol. The van der Waals surface area contributed by atoms with Crippen LogP contribution >= 0.6 is 0 Å². The van der Waals surface area contributed by atoms with Gasteiger partial charge in [0.15, 0.2) is 0 Å². The first kappa shape index (κ1) is 15.4. The third-order valence-corrected chi connectivity index (χ3v) is 5.02. The fourth-order valence-corrected chi connectivity index (χ4v) is 3.22. The van der Waals surface area contributed by atoms with Crippen LogP contribution in [0.2, 0.25) is 0 Å². The molecule has 6 nitrogen and oxygen atoms in total. The minimum Gasteiger partial charge on any atom is -0.495 e. The molecule has 1 heterocycles. The van der Waals surface area contributed by atoms with Gasteiger partial charge < -0.3 is 14.9 Å². The first-order valence-electron chi connectivity index (χ1n) is 6.29. The summed E-state index contributed by atoms with van der Waals surface area (Å²) in [6.07, 6.45) is 1.50. The number of ether oxygens (including phenoxy) is 1. The molecular weight excluding hydrogens is 292 g/mol. The van der Waals surface area contributed by atoms with Crippen molar-refractivity contribution in [3.63, 3.8) is 0 Å². The number of aryl methyl sites for hydroxylation is 1. The summed E-state index contributed by atoms with van der Waals surface area (Å²) in [5.41, 5.74) is 6.99. The van der Waals surface area contributed by atoms with Gasteiger partial charge in [0.25, 0.3) is 0 Å². The molecule has 0 amide bonds. The van der Waals surface area contributed by atoms with E-state index in [2.05, 4.69) is 0 Å². The Morgan fingerprint density at radius 1 is 1.38 bits per heavy atom. The number of hydrogen-bond acceptors (Lipinski definition) is 5. The topological polar surface area (TPSA) is 85.8 Å². The molecule has 1 aromatic carbocycles. The highest BCUT2D eigenvalue weighted by Gasteiger charge is 2.26. The molecule has 21 heavy (non-hydrogen) atoms. The van der Waals surface area contributed by atoms with Crippen LogP contribution in [0.5, 0.6) is 5.75 Å². The van der Waals surface area contributed by atoms with Gasteiger partial charge in [0.2, 0.25) is 10.0 Å². The summed E-state index contributed by atoms with van der Waals surface area (Å²) < 4.78 is 36.8. The lowest BCUT2D eigenvalue weighted by molar-refractivity contribution is 0.388. The maximum atomic E-state index is 12.7. The molecule has 0 aliphatic carbocycles. The molecule has 0 fully saturated rings. The molecule has 2 aromatic rings. The van der Waals surface area contributed by atoms with Crippen molar-refractivity contribution in [2.24, 2.45) is 0 Å². The van der Waals surface area contributed by atoms with E-state index in [1.165, 1.54) is 30.8 Å². The van der Waals surface area contributed by atoms with Gasteiger partial charge >= 0.3 is 0 Å². The zero-order valence-corrected chi connectivity index (χ0v) is 13.0. The highest BCUT2D eigenvalue weighted by Crippen LogP contribution is 2.31. The summed E-state index contributed by atoms with van der Waals surface area (Å²) in [7, 11) is -0.822. The molecule has 2 rings (SSSR count). The summed E-state index contributed by atoms with van der Waals surface area (Å²) in [6, 6.07) is 6.46. The van der Waals surface area contributed by atoms with Gasteiger partial charge in [0, 0.05) is 12.7 Å². The second-order valence-corrected chi connectivity index (χ2v) is 6.71. The Balaban J connectivity index is 2.41. The largest absolute Gasteiger partial charge is 0.495 e. The minimum absolute atomic E-state index is 0.0437. The van der Waals surface area contributed by atoms with Crippen molar-refractivity contribution in [2.75, 3.05) is 19.9 Å². The number of furan rings is 1. The monoisotopic (exact) mass is 310 g/mol. The zero-order valence-electron chi connectivity index (χ0n) is 12.2. The van der Waals surface area contributed by atoms with Crippen LogP contribution in [0.4, 0.5) is 5.69 Å². The second kappa shape index (κ2) is 5.79. The molecule has 0 bridgehead atoms. The Hall–Kier alpha value is -1.99. The average Bonchev–Trinajstić information content (AvgIpc) is 2.94. The molecule has 0 aliphatic heterocycles. The van der Waals surface area contributed by atoms with Gasteiger partial charge in [0.1, 0.15) is 16.4 Å². The molecule has 0 aliphatic rings. The molecule has 0 atom stereocenters. The van der Waals surface area contributed by atoms with Crippen molar-refractivity contribution >= 4 is 15.7 Å². The highest BCUT2D eigenvalue weighted by atomic mass is 32.2. The number of nitrogens with zero attached hydrogens (tertiary/aromatic N) is 1. The number of sulfonamides is 1. The number of methoxy groups -OCH3 is 1. The Labute approximate surface area is 124 Å². The zero-order chi connectivity index (χ0) is 15.6. The minimum atomic E-state index is -3.73. The van der Waals surface area contributed by atoms with Gasteiger partial charge in [-0.05, 0) is 36.8 Å². The number of benzene rings is 1. The fourth-order valence-electron chi connectivity index (χ4n) is 1.91. The van der Waals surface area contributed by atoms with Gasteiger partial charge in [-0.1, -0.05) is 0 Å². The van der Waals surface area contributed by atoms with E-state index in [1.807, 2.05) is 0 Å². The Morgan fingerprint density at radius 3 is 2.67 bits per heavy atom. The average molecular weight is 310 g/mol. The van der Waals surface area contributed by atoms with Crippen LogP contribution in [0, 0.1) is 6.92 Å². The molecule has 1 aromatic heterocycles. The van der Waals surface area contributed by atoms with Crippen molar-refractivity contribution in [2.45, 2.75) is 18.4 Å². The molecule has 0 saturated carbocycles. The van der Waals surface area contributed by atoms with Crippen molar-refractivity contribution in [1.82, 2.24) is 4.31 Å². The van der Waals surface area contributed by atoms with Crippen LogP contribution in [0.3, 0.4) is 0 Å². The third-order valence-electron chi connectivity index (χ3n) is 3.20. The van der Waals surface area contributed by atoms with Crippen LogP contribution in [-0.2, 0) is 16.6 Å². The molecule has 2 N–H and O–H groups in total. The molecule has 114 valence electrons. The van der Waals surface area contributed by atoms with Gasteiger partial charge in [0.05, 0.1) is 19.9 Å². The van der Waals surface area contributed by atoms with Crippen LogP contribution in [0.25, 0.3) is 0 Å². The molecule has 0 radical (unpaired) electrons. The maximum absolute atomic E-state index is 12.7. The number of hydrogen-bond donors (Lipinski definition) is 1. The quantitative estimate of drug-likeness (QED) is 0.854. The molecular formula is C14H18N2O4S. The number of nitrogen functional groups attached to an aromatic ring is 1. The summed E-state index contributed by atoms with van der Waals surface area (Å²) in [5, 5.41) is 0. The van der Waals surface area contributed by atoms with E-state index in [-0.39, 0.29) is 17.2 Å². The molecule has 0 spiro atoms. The lowest BCUT2D eigenvalue weighted by Crippen LogP contribution is -2.27. The molecule has 0 unspecified atom stereocenters. The predicted octanol–water partition coefficient (Wildman–Crippen LogP) is 2.00. The summed E-state index contributed by atoms with van der Waals surface area (Å²) in [4.78, 5) is 0.0437. The van der Waals surface area contributed by atoms with E-state index < -0.39 is 10.0 Å². The van der Waals surface area contributed by atoms with Gasteiger partial charge in [-0.15, -0.1) is 0 Å². The lowest BCUT2D eigenvalue weighted by atomic mass is 10.2. The van der Waals surface area contributed by atoms with Gasteiger partial charge in [-0.3, -0.25) is 0 Å². The van der Waals surface area contributed by atoms with E-state index in [1.54, 1.807) is 25.1 Å². The van der Waals surface area contributed by atoms with Crippen molar-refractivity contribution in [3.05, 3.63) is 41.9 Å². The Bertz CT molecular complexity index is 724. The number of anilines is 1. The summed E-state index contributed by atoms with van der Waals surface area (Å²) in [5.74, 6) is 0.827. The van der Waals surface area contributed by atoms with Crippen molar-refractivity contribution in [3.8, 4) is 5.75 Å². The number of nitrogens with two attached hydrogens (primary N) is 1. The lowest BCUT2D eigenvalue weighted by Gasteiger charge is -2.19. The van der Waals surface area contributed by atoms with E-state index >= 15 is 0 Å². The molecule has 7 heteroatoms. The number of rotatable bonds is 5.